The molecule has 1 aromatic heterocycles. The molecule has 1 atom stereocenters. The number of amides is 4. The van der Waals surface area contributed by atoms with Gasteiger partial charge in [0.2, 0.25) is 0 Å². The molecule has 1 aromatic carbocycles. The topological polar surface area (TPSA) is 101 Å². The molecule has 0 saturated carbocycles. The molecule has 2 saturated heterocycles. The molecule has 2 aliphatic rings. The van der Waals surface area contributed by atoms with Crippen molar-refractivity contribution in [2.24, 2.45) is 5.92 Å². The van der Waals surface area contributed by atoms with Crippen LogP contribution in [-0.2, 0) is 4.79 Å². The molecule has 8 nitrogen and oxygen atoms in total. The fourth-order valence-electron chi connectivity index (χ4n) is 4.02. The van der Waals surface area contributed by atoms with Crippen LogP contribution in [0.15, 0.2) is 40.8 Å². The van der Waals surface area contributed by atoms with Gasteiger partial charge in [-0.2, -0.15) is 0 Å². The van der Waals surface area contributed by atoms with E-state index in [0.717, 1.165) is 11.3 Å². The van der Waals surface area contributed by atoms with Crippen LogP contribution in [0.1, 0.15) is 30.3 Å². The molecule has 1 unspecified atom stereocenters. The maximum absolute atomic E-state index is 12.8. The second-order valence-electron chi connectivity index (χ2n) is 7.57. The summed E-state index contributed by atoms with van der Waals surface area (Å²) < 4.78 is 10.9. The minimum absolute atomic E-state index is 0.0236. The van der Waals surface area contributed by atoms with Gasteiger partial charge in [0.1, 0.15) is 17.0 Å². The van der Waals surface area contributed by atoms with Gasteiger partial charge in [-0.05, 0) is 62.1 Å². The number of hydrogen-bond acceptors (Lipinski definition) is 5. The van der Waals surface area contributed by atoms with Gasteiger partial charge in [0.15, 0.2) is 5.76 Å². The van der Waals surface area contributed by atoms with Gasteiger partial charge in [0.25, 0.3) is 11.8 Å². The summed E-state index contributed by atoms with van der Waals surface area (Å²) >= 11 is 0. The van der Waals surface area contributed by atoms with Crippen molar-refractivity contribution in [2.75, 3.05) is 20.2 Å². The number of carbonyl (C=O) groups excluding carboxylic acids is 3. The van der Waals surface area contributed by atoms with Gasteiger partial charge in [-0.25, -0.2) is 4.79 Å². The van der Waals surface area contributed by atoms with Crippen LogP contribution in [0.3, 0.4) is 0 Å². The maximum atomic E-state index is 12.8. The minimum atomic E-state index is -0.918. The summed E-state index contributed by atoms with van der Waals surface area (Å²) in [5, 5.41) is 5.02. The lowest BCUT2D eigenvalue weighted by molar-refractivity contribution is -0.125. The van der Waals surface area contributed by atoms with E-state index in [0.29, 0.717) is 31.7 Å². The van der Waals surface area contributed by atoms with Crippen molar-refractivity contribution in [1.82, 2.24) is 15.5 Å². The van der Waals surface area contributed by atoms with Crippen LogP contribution in [0.4, 0.5) is 4.79 Å². The smallest absolute Gasteiger partial charge is 0.322 e. The Labute approximate surface area is 168 Å². The molecule has 2 N–H and O–H groups in total. The van der Waals surface area contributed by atoms with Crippen molar-refractivity contribution in [3.05, 3.63) is 42.2 Å². The van der Waals surface area contributed by atoms with Crippen molar-refractivity contribution in [1.29, 1.82) is 0 Å². The van der Waals surface area contributed by atoms with Gasteiger partial charge >= 0.3 is 6.03 Å². The molecule has 0 spiro atoms. The number of rotatable bonds is 4. The highest BCUT2D eigenvalue weighted by atomic mass is 16.5. The van der Waals surface area contributed by atoms with Gasteiger partial charge in [0.05, 0.1) is 7.11 Å². The second kappa shape index (κ2) is 7.27. The standard InChI is InChI=1S/C21H23N3O5/c1-21(19(26)22-20(27)23-21)14-9-11-24(12-10-14)18(25)17-8-7-16(29-17)13-3-5-15(28-2)6-4-13/h3-8,14H,9-12H2,1-2H3,(H2,22,23,26,27). The lowest BCUT2D eigenvalue weighted by Gasteiger charge is -2.38. The third kappa shape index (κ3) is 3.46. The Balaban J connectivity index is 1.40. The summed E-state index contributed by atoms with van der Waals surface area (Å²) in [5.74, 6) is 1.15. The SMILES string of the molecule is COc1ccc(-c2ccc(C(=O)N3CCC(C4(C)NC(=O)NC4=O)CC3)o2)cc1. The highest BCUT2D eigenvalue weighted by molar-refractivity contribution is 6.07. The average molecular weight is 397 g/mol. The lowest BCUT2D eigenvalue weighted by Crippen LogP contribution is -2.54. The number of carbonyl (C=O) groups is 3. The van der Waals surface area contributed by atoms with Crippen molar-refractivity contribution in [3.63, 3.8) is 0 Å². The summed E-state index contributed by atoms with van der Waals surface area (Å²) in [7, 11) is 1.61. The Kier molecular flexibility index (Phi) is 4.77. The number of hydrogen-bond donors (Lipinski definition) is 2. The number of methoxy groups -OCH3 is 1. The third-order valence-electron chi connectivity index (χ3n) is 5.86. The van der Waals surface area contributed by atoms with E-state index in [2.05, 4.69) is 10.6 Å². The minimum Gasteiger partial charge on any atom is -0.497 e. The Morgan fingerprint density at radius 1 is 1.14 bits per heavy atom. The summed E-state index contributed by atoms with van der Waals surface area (Å²) in [5.41, 5.74) is -0.0576. The fraction of sp³-hybridized carbons (Fsp3) is 0.381. The molecule has 4 rings (SSSR count). The number of ether oxygens (including phenoxy) is 1. The van der Waals surface area contributed by atoms with Crippen molar-refractivity contribution in [2.45, 2.75) is 25.3 Å². The van der Waals surface area contributed by atoms with Crippen LogP contribution >= 0.6 is 0 Å². The predicted molar refractivity (Wildman–Crippen MR) is 104 cm³/mol. The number of urea groups is 1. The van der Waals surface area contributed by atoms with E-state index in [-0.39, 0.29) is 23.5 Å². The number of benzene rings is 1. The number of imide groups is 1. The lowest BCUT2D eigenvalue weighted by atomic mass is 9.79. The molecular weight excluding hydrogens is 374 g/mol. The molecule has 29 heavy (non-hydrogen) atoms. The zero-order valence-corrected chi connectivity index (χ0v) is 16.4. The molecule has 152 valence electrons. The number of piperidine rings is 1. The predicted octanol–water partition coefficient (Wildman–Crippen LogP) is 2.41. The molecule has 2 aromatic rings. The van der Waals surface area contributed by atoms with E-state index in [1.54, 1.807) is 31.1 Å². The van der Waals surface area contributed by atoms with Crippen LogP contribution in [0.2, 0.25) is 0 Å². The summed E-state index contributed by atoms with van der Waals surface area (Å²) in [4.78, 5) is 38.2. The van der Waals surface area contributed by atoms with Crippen molar-refractivity contribution < 1.29 is 23.5 Å². The van der Waals surface area contributed by atoms with Gasteiger partial charge in [0, 0.05) is 18.7 Å². The van der Waals surface area contributed by atoms with Crippen LogP contribution < -0.4 is 15.4 Å². The van der Waals surface area contributed by atoms with Crippen LogP contribution in [-0.4, -0.2) is 48.5 Å². The first kappa shape index (κ1) is 19.0. The molecular formula is C21H23N3O5. The quantitative estimate of drug-likeness (QED) is 0.772. The van der Waals surface area contributed by atoms with Gasteiger partial charge < -0.3 is 19.4 Å². The fourth-order valence-corrected chi connectivity index (χ4v) is 4.02. The largest absolute Gasteiger partial charge is 0.497 e. The number of nitrogens with zero attached hydrogens (tertiary/aromatic N) is 1. The van der Waals surface area contributed by atoms with E-state index in [4.69, 9.17) is 9.15 Å². The van der Waals surface area contributed by atoms with Crippen LogP contribution in [0, 0.1) is 5.92 Å². The van der Waals surface area contributed by atoms with Gasteiger partial charge in [-0.3, -0.25) is 14.9 Å². The summed E-state index contributed by atoms with van der Waals surface area (Å²) in [6, 6.07) is 10.4. The van der Waals surface area contributed by atoms with Crippen molar-refractivity contribution >= 4 is 17.8 Å². The number of likely N-dealkylation sites (tertiary alicyclic amines) is 1. The molecule has 8 heteroatoms. The summed E-state index contributed by atoms with van der Waals surface area (Å²) in [6.07, 6.45) is 1.25. The van der Waals surface area contributed by atoms with Crippen molar-refractivity contribution in [3.8, 4) is 17.1 Å². The Bertz CT molecular complexity index is 943. The van der Waals surface area contributed by atoms with E-state index >= 15 is 0 Å². The molecule has 0 aliphatic carbocycles. The Hall–Kier alpha value is -3.29. The van der Waals surface area contributed by atoms with Gasteiger partial charge in [-0.1, -0.05) is 0 Å². The zero-order valence-electron chi connectivity index (χ0n) is 16.4. The molecule has 2 fully saturated rings. The zero-order chi connectivity index (χ0) is 20.6. The first-order chi connectivity index (χ1) is 13.9. The second-order valence-corrected chi connectivity index (χ2v) is 7.57. The van der Waals surface area contributed by atoms with E-state index < -0.39 is 11.6 Å². The Morgan fingerprint density at radius 2 is 1.83 bits per heavy atom. The Morgan fingerprint density at radius 3 is 2.41 bits per heavy atom. The van der Waals surface area contributed by atoms with E-state index in [1.165, 1.54) is 0 Å². The van der Waals surface area contributed by atoms with Crippen LogP contribution in [0.5, 0.6) is 5.75 Å². The molecule has 0 bridgehead atoms. The monoisotopic (exact) mass is 397 g/mol. The molecule has 4 amide bonds. The third-order valence-corrected chi connectivity index (χ3v) is 5.86. The maximum Gasteiger partial charge on any atom is 0.322 e. The van der Waals surface area contributed by atoms with Crippen LogP contribution in [0.25, 0.3) is 11.3 Å². The van der Waals surface area contributed by atoms with Gasteiger partial charge in [-0.15, -0.1) is 0 Å². The number of nitrogens with one attached hydrogen (secondary N) is 2. The average Bonchev–Trinajstić information content (AvgIpc) is 3.32. The van der Waals surface area contributed by atoms with E-state index in [9.17, 15) is 14.4 Å². The molecule has 3 heterocycles. The summed E-state index contributed by atoms with van der Waals surface area (Å²) in [6.45, 7) is 2.74. The molecule has 0 radical (unpaired) electrons. The van der Waals surface area contributed by atoms with E-state index in [1.807, 2.05) is 24.3 Å². The first-order valence-corrected chi connectivity index (χ1v) is 9.58. The normalized spacial score (nSPS) is 22.3. The highest BCUT2D eigenvalue weighted by Gasteiger charge is 2.48. The number of furan rings is 1. The first-order valence-electron chi connectivity index (χ1n) is 9.58. The molecule has 2 aliphatic heterocycles. The highest BCUT2D eigenvalue weighted by Crippen LogP contribution is 2.32.